The van der Waals surface area contributed by atoms with E-state index >= 15 is 0 Å². The second-order valence-corrected chi connectivity index (χ2v) is 4.48. The van der Waals surface area contributed by atoms with Gasteiger partial charge in [-0.1, -0.05) is 34.6 Å². The van der Waals surface area contributed by atoms with Crippen LogP contribution in [0.5, 0.6) is 5.75 Å². The first kappa shape index (κ1) is 12.3. The van der Waals surface area contributed by atoms with Crippen molar-refractivity contribution in [3.05, 3.63) is 40.9 Å². The van der Waals surface area contributed by atoms with Gasteiger partial charge in [-0.05, 0) is 24.6 Å². The third-order valence-electron chi connectivity index (χ3n) is 1.85. The lowest BCUT2D eigenvalue weighted by molar-refractivity contribution is 0.316. The van der Waals surface area contributed by atoms with Gasteiger partial charge in [-0.2, -0.15) is 0 Å². The molecule has 0 saturated carbocycles. The van der Waals surface area contributed by atoms with Crippen molar-refractivity contribution < 1.29 is 4.74 Å². The van der Waals surface area contributed by atoms with Crippen LogP contribution >= 0.6 is 15.9 Å². The fourth-order valence-electron chi connectivity index (χ4n) is 1.17. The monoisotopic (exact) mass is 269 g/mol. The van der Waals surface area contributed by atoms with Crippen LogP contribution in [0.1, 0.15) is 5.56 Å². The van der Waals surface area contributed by atoms with Crippen molar-refractivity contribution in [2.24, 2.45) is 0 Å². The van der Waals surface area contributed by atoms with E-state index in [1.165, 1.54) is 5.56 Å². The SMILES string of the molecule is C=C(Br)CNCCOc1cccc(C)c1. The summed E-state index contributed by atoms with van der Waals surface area (Å²) < 4.78 is 6.52. The summed E-state index contributed by atoms with van der Waals surface area (Å²) in [7, 11) is 0. The zero-order valence-corrected chi connectivity index (χ0v) is 10.5. The van der Waals surface area contributed by atoms with Gasteiger partial charge in [0.2, 0.25) is 0 Å². The Morgan fingerprint density at radius 1 is 1.53 bits per heavy atom. The Balaban J connectivity index is 2.17. The molecule has 0 aliphatic heterocycles. The van der Waals surface area contributed by atoms with E-state index in [0.717, 1.165) is 23.3 Å². The van der Waals surface area contributed by atoms with E-state index in [2.05, 4.69) is 40.8 Å². The molecule has 1 aromatic rings. The van der Waals surface area contributed by atoms with Gasteiger partial charge in [-0.3, -0.25) is 0 Å². The van der Waals surface area contributed by atoms with Crippen molar-refractivity contribution >= 4 is 15.9 Å². The number of aryl methyl sites for hydroxylation is 1. The zero-order valence-electron chi connectivity index (χ0n) is 8.92. The molecule has 2 nitrogen and oxygen atoms in total. The molecule has 0 spiro atoms. The lowest BCUT2D eigenvalue weighted by atomic mass is 10.2. The molecule has 0 heterocycles. The molecule has 0 atom stereocenters. The fraction of sp³-hybridized carbons (Fsp3) is 0.333. The third-order valence-corrected chi connectivity index (χ3v) is 2.13. The van der Waals surface area contributed by atoms with E-state index in [1.54, 1.807) is 0 Å². The maximum atomic E-state index is 5.56. The Hall–Kier alpha value is -0.800. The number of rotatable bonds is 6. The standard InChI is InChI=1S/C12H16BrNO/c1-10-4-3-5-12(8-10)15-7-6-14-9-11(2)13/h3-5,8,14H,2,6-7,9H2,1H3. The van der Waals surface area contributed by atoms with Crippen LogP contribution in [0.25, 0.3) is 0 Å². The molecule has 0 amide bonds. The highest BCUT2D eigenvalue weighted by atomic mass is 79.9. The lowest BCUT2D eigenvalue weighted by Crippen LogP contribution is -2.21. The molecule has 0 unspecified atom stereocenters. The smallest absolute Gasteiger partial charge is 0.119 e. The van der Waals surface area contributed by atoms with Crippen LogP contribution in [0.2, 0.25) is 0 Å². The largest absolute Gasteiger partial charge is 0.492 e. The topological polar surface area (TPSA) is 21.3 Å². The van der Waals surface area contributed by atoms with Gasteiger partial charge in [0.05, 0.1) is 0 Å². The van der Waals surface area contributed by atoms with Crippen LogP contribution in [0.3, 0.4) is 0 Å². The number of halogens is 1. The maximum absolute atomic E-state index is 5.56. The highest BCUT2D eigenvalue weighted by Gasteiger charge is 1.93. The van der Waals surface area contributed by atoms with Crippen molar-refractivity contribution in [2.75, 3.05) is 19.7 Å². The highest BCUT2D eigenvalue weighted by molar-refractivity contribution is 9.11. The molecule has 82 valence electrons. The summed E-state index contributed by atoms with van der Waals surface area (Å²) in [6.07, 6.45) is 0. The van der Waals surface area contributed by atoms with E-state index in [-0.39, 0.29) is 0 Å². The predicted molar refractivity (Wildman–Crippen MR) is 67.6 cm³/mol. The van der Waals surface area contributed by atoms with Crippen molar-refractivity contribution in [1.29, 1.82) is 0 Å². The third kappa shape index (κ3) is 5.60. The first-order chi connectivity index (χ1) is 7.18. The van der Waals surface area contributed by atoms with Gasteiger partial charge in [0.15, 0.2) is 0 Å². The summed E-state index contributed by atoms with van der Waals surface area (Å²) in [6, 6.07) is 8.05. The highest BCUT2D eigenvalue weighted by Crippen LogP contribution is 2.11. The van der Waals surface area contributed by atoms with Crippen molar-refractivity contribution in [3.63, 3.8) is 0 Å². The average molecular weight is 270 g/mol. The zero-order chi connectivity index (χ0) is 11.1. The summed E-state index contributed by atoms with van der Waals surface area (Å²) in [5.74, 6) is 0.925. The Bertz CT molecular complexity index is 325. The molecule has 0 bridgehead atoms. The molecule has 3 heteroatoms. The number of hydrogen-bond donors (Lipinski definition) is 1. The molecule has 1 aromatic carbocycles. The summed E-state index contributed by atoms with van der Waals surface area (Å²) in [5.41, 5.74) is 1.22. The minimum Gasteiger partial charge on any atom is -0.492 e. The van der Waals surface area contributed by atoms with Gasteiger partial charge in [-0.25, -0.2) is 0 Å². The molecule has 15 heavy (non-hydrogen) atoms. The summed E-state index contributed by atoms with van der Waals surface area (Å²) in [4.78, 5) is 0. The van der Waals surface area contributed by atoms with Crippen LogP contribution < -0.4 is 10.1 Å². The van der Waals surface area contributed by atoms with Crippen LogP contribution in [0, 0.1) is 6.92 Å². The van der Waals surface area contributed by atoms with Gasteiger partial charge in [0, 0.05) is 17.6 Å². The van der Waals surface area contributed by atoms with Crippen LogP contribution in [0.15, 0.2) is 35.3 Å². The number of ether oxygens (including phenoxy) is 1. The van der Waals surface area contributed by atoms with Crippen LogP contribution in [-0.2, 0) is 0 Å². The molecule has 1 rings (SSSR count). The molecule has 1 N–H and O–H groups in total. The van der Waals surface area contributed by atoms with Gasteiger partial charge in [0.1, 0.15) is 12.4 Å². The molecule has 0 aromatic heterocycles. The summed E-state index contributed by atoms with van der Waals surface area (Å²) in [5, 5.41) is 3.20. The normalized spacial score (nSPS) is 10.0. The minimum atomic E-state index is 0.670. The first-order valence-electron chi connectivity index (χ1n) is 4.92. The molecule has 0 radical (unpaired) electrons. The Morgan fingerprint density at radius 2 is 2.33 bits per heavy atom. The van der Waals surface area contributed by atoms with Crippen molar-refractivity contribution in [3.8, 4) is 5.75 Å². The Kier molecular flexibility index (Phi) is 5.43. The Labute approximate surface area is 99.5 Å². The molecule has 0 aliphatic rings. The fourth-order valence-corrected chi connectivity index (χ4v) is 1.37. The van der Waals surface area contributed by atoms with Gasteiger partial charge in [-0.15, -0.1) is 0 Å². The predicted octanol–water partition coefficient (Wildman–Crippen LogP) is 2.87. The average Bonchev–Trinajstić information content (AvgIpc) is 2.17. The van der Waals surface area contributed by atoms with Crippen LogP contribution in [0.4, 0.5) is 0 Å². The van der Waals surface area contributed by atoms with E-state index in [0.29, 0.717) is 6.61 Å². The molecular formula is C12H16BrNO. The molecule has 0 saturated heterocycles. The Morgan fingerprint density at radius 3 is 3.00 bits per heavy atom. The van der Waals surface area contributed by atoms with Gasteiger partial charge in [0.25, 0.3) is 0 Å². The maximum Gasteiger partial charge on any atom is 0.119 e. The number of hydrogen-bond acceptors (Lipinski definition) is 2. The molecular weight excluding hydrogens is 254 g/mol. The van der Waals surface area contributed by atoms with E-state index < -0.39 is 0 Å². The lowest BCUT2D eigenvalue weighted by Gasteiger charge is -2.07. The second-order valence-electron chi connectivity index (χ2n) is 3.36. The first-order valence-corrected chi connectivity index (χ1v) is 5.71. The van der Waals surface area contributed by atoms with Crippen molar-refractivity contribution in [1.82, 2.24) is 5.32 Å². The number of nitrogens with one attached hydrogen (secondary N) is 1. The van der Waals surface area contributed by atoms with E-state index in [4.69, 9.17) is 4.74 Å². The second kappa shape index (κ2) is 6.64. The van der Waals surface area contributed by atoms with E-state index in [9.17, 15) is 0 Å². The van der Waals surface area contributed by atoms with Gasteiger partial charge >= 0.3 is 0 Å². The number of benzene rings is 1. The summed E-state index contributed by atoms with van der Waals surface area (Å²) >= 11 is 3.28. The summed E-state index contributed by atoms with van der Waals surface area (Å²) in [6.45, 7) is 8.05. The quantitative estimate of drug-likeness (QED) is 0.802. The molecule has 0 aliphatic carbocycles. The molecule has 0 fully saturated rings. The van der Waals surface area contributed by atoms with E-state index in [1.807, 2.05) is 18.2 Å². The minimum absolute atomic E-state index is 0.670. The van der Waals surface area contributed by atoms with Gasteiger partial charge < -0.3 is 10.1 Å². The van der Waals surface area contributed by atoms with Crippen LogP contribution in [-0.4, -0.2) is 19.7 Å². The van der Waals surface area contributed by atoms with Crippen molar-refractivity contribution in [2.45, 2.75) is 6.92 Å².